The molecule has 0 bridgehead atoms. The summed E-state index contributed by atoms with van der Waals surface area (Å²) < 4.78 is 2.28. The van der Waals surface area contributed by atoms with E-state index in [0.29, 0.717) is 6.04 Å². The van der Waals surface area contributed by atoms with Crippen molar-refractivity contribution in [2.24, 2.45) is 7.05 Å². The molecule has 2 atom stereocenters. The number of quaternary nitrogens is 1. The van der Waals surface area contributed by atoms with E-state index in [1.165, 1.54) is 22.9 Å². The van der Waals surface area contributed by atoms with Crippen LogP contribution in [0.25, 0.3) is 0 Å². The molecule has 3 N–H and O–H groups in total. The van der Waals surface area contributed by atoms with Crippen LogP contribution in [0.1, 0.15) is 42.1 Å². The van der Waals surface area contributed by atoms with Gasteiger partial charge >= 0.3 is 5.69 Å². The molecule has 1 aromatic heterocycles. The Balaban J connectivity index is 1.98. The molecule has 27 heavy (non-hydrogen) atoms. The van der Waals surface area contributed by atoms with Crippen molar-refractivity contribution < 1.29 is 9.69 Å². The molecule has 7 heteroatoms. The molecule has 7 nitrogen and oxygen atoms in total. The van der Waals surface area contributed by atoms with Crippen LogP contribution in [0.15, 0.2) is 39.9 Å². The lowest BCUT2D eigenvalue weighted by atomic mass is 10.0. The summed E-state index contributed by atoms with van der Waals surface area (Å²) >= 11 is 0. The second-order valence-corrected chi connectivity index (χ2v) is 7.38. The molecule has 1 unspecified atom stereocenters. The molecule has 1 saturated heterocycles. The molecule has 3 rings (SSSR count). The van der Waals surface area contributed by atoms with Gasteiger partial charge in [0, 0.05) is 7.05 Å². The number of aromatic nitrogens is 2. The van der Waals surface area contributed by atoms with Crippen LogP contribution < -0.4 is 21.9 Å². The minimum atomic E-state index is -0.615. The number of ketones is 1. The molecule has 2 aromatic rings. The van der Waals surface area contributed by atoms with E-state index in [-0.39, 0.29) is 30.3 Å². The maximum Gasteiger partial charge on any atom is 0.332 e. The van der Waals surface area contributed by atoms with E-state index >= 15 is 0 Å². The lowest BCUT2D eigenvalue weighted by Crippen LogP contribution is -3.17. The maximum atomic E-state index is 12.9. The lowest BCUT2D eigenvalue weighted by Gasteiger charge is -2.29. The molecule has 144 valence electrons. The Bertz CT molecular complexity index is 946. The average molecular weight is 371 g/mol. The van der Waals surface area contributed by atoms with E-state index in [0.717, 1.165) is 29.5 Å². The summed E-state index contributed by atoms with van der Waals surface area (Å²) in [5.41, 5.74) is 5.83. The van der Waals surface area contributed by atoms with Crippen molar-refractivity contribution >= 4 is 11.6 Å². The summed E-state index contributed by atoms with van der Waals surface area (Å²) in [5.74, 6) is -0.334. The summed E-state index contributed by atoms with van der Waals surface area (Å²) in [4.78, 5) is 39.3. The molecule has 1 aliphatic heterocycles. The highest BCUT2D eigenvalue weighted by Gasteiger charge is 2.28. The number of piperidine rings is 1. The summed E-state index contributed by atoms with van der Waals surface area (Å²) in [6.07, 6.45) is 3.32. The fraction of sp³-hybridized carbons (Fsp3) is 0.450. The van der Waals surface area contributed by atoms with Gasteiger partial charge < -0.3 is 10.6 Å². The summed E-state index contributed by atoms with van der Waals surface area (Å²) in [6.45, 7) is 3.48. The third-order valence-corrected chi connectivity index (χ3v) is 5.52. The number of nitrogens with one attached hydrogen (secondary N) is 1. The SMILES string of the molecule is C[C@H]1CCCC[NH+]1CC(=O)c1c(N)n(Cc2ccccc2)c(=O)n(C)c1=O. The number of likely N-dealkylation sites (tertiary alicyclic amines) is 1. The quantitative estimate of drug-likeness (QED) is 0.713. The monoisotopic (exact) mass is 371 g/mol. The number of benzene rings is 1. The number of hydrogen-bond acceptors (Lipinski definition) is 4. The van der Waals surface area contributed by atoms with Gasteiger partial charge in [-0.2, -0.15) is 0 Å². The molecular weight excluding hydrogens is 344 g/mol. The van der Waals surface area contributed by atoms with Crippen molar-refractivity contribution in [3.05, 3.63) is 62.3 Å². The number of nitrogens with two attached hydrogens (primary N) is 1. The van der Waals surface area contributed by atoms with Gasteiger partial charge in [0.25, 0.3) is 5.56 Å². The van der Waals surface area contributed by atoms with Crippen molar-refractivity contribution in [1.82, 2.24) is 9.13 Å². The number of anilines is 1. The van der Waals surface area contributed by atoms with E-state index in [4.69, 9.17) is 5.73 Å². The predicted octanol–water partition coefficient (Wildman–Crippen LogP) is -0.182. The van der Waals surface area contributed by atoms with Crippen LogP contribution in [0.2, 0.25) is 0 Å². The lowest BCUT2D eigenvalue weighted by molar-refractivity contribution is -0.920. The van der Waals surface area contributed by atoms with E-state index in [9.17, 15) is 14.4 Å². The first-order valence-electron chi connectivity index (χ1n) is 9.41. The first kappa shape index (κ1) is 19.1. The number of carbonyl (C=O) groups excluding carboxylic acids is 1. The minimum absolute atomic E-state index is 0.0407. The Labute approximate surface area is 158 Å². The van der Waals surface area contributed by atoms with Crippen molar-refractivity contribution in [2.45, 2.75) is 38.8 Å². The van der Waals surface area contributed by atoms with Crippen LogP contribution in [-0.2, 0) is 13.6 Å². The van der Waals surface area contributed by atoms with E-state index < -0.39 is 11.2 Å². The first-order chi connectivity index (χ1) is 12.9. The fourth-order valence-electron chi connectivity index (χ4n) is 3.77. The number of nitrogen functional groups attached to an aromatic ring is 1. The number of carbonyl (C=O) groups is 1. The average Bonchev–Trinajstić information content (AvgIpc) is 2.66. The van der Waals surface area contributed by atoms with Gasteiger partial charge in [-0.3, -0.25) is 18.7 Å². The van der Waals surface area contributed by atoms with Gasteiger partial charge in [-0.1, -0.05) is 30.3 Å². The second kappa shape index (κ2) is 7.92. The van der Waals surface area contributed by atoms with Crippen LogP contribution >= 0.6 is 0 Å². The molecule has 0 radical (unpaired) electrons. The van der Waals surface area contributed by atoms with Crippen molar-refractivity contribution in [1.29, 1.82) is 0 Å². The molecule has 0 aliphatic carbocycles. The smallest absolute Gasteiger partial charge is 0.332 e. The highest BCUT2D eigenvalue weighted by Crippen LogP contribution is 2.09. The Kier molecular flexibility index (Phi) is 5.60. The third kappa shape index (κ3) is 3.88. The third-order valence-electron chi connectivity index (χ3n) is 5.52. The number of hydrogen-bond donors (Lipinski definition) is 2. The molecule has 1 aromatic carbocycles. The maximum absolute atomic E-state index is 12.9. The highest BCUT2D eigenvalue weighted by molar-refractivity contribution is 6.00. The molecule has 1 fully saturated rings. The zero-order valence-corrected chi connectivity index (χ0v) is 15.9. The topological polar surface area (TPSA) is 91.5 Å². The Morgan fingerprint density at radius 2 is 1.93 bits per heavy atom. The summed E-state index contributed by atoms with van der Waals surface area (Å²) in [6, 6.07) is 9.74. The van der Waals surface area contributed by atoms with Crippen LogP contribution in [0.5, 0.6) is 0 Å². The van der Waals surface area contributed by atoms with Crippen molar-refractivity contribution in [3.8, 4) is 0 Å². The van der Waals surface area contributed by atoms with Gasteiger partial charge in [-0.05, 0) is 31.7 Å². The molecule has 0 spiro atoms. The summed E-state index contributed by atoms with van der Waals surface area (Å²) in [7, 11) is 1.39. The fourth-order valence-corrected chi connectivity index (χ4v) is 3.77. The Morgan fingerprint density at radius 1 is 1.22 bits per heavy atom. The van der Waals surface area contributed by atoms with Gasteiger partial charge in [0.1, 0.15) is 17.9 Å². The predicted molar refractivity (Wildman–Crippen MR) is 104 cm³/mol. The van der Waals surface area contributed by atoms with Gasteiger partial charge in [0.15, 0.2) is 0 Å². The Hall–Kier alpha value is -2.67. The zero-order chi connectivity index (χ0) is 19.6. The van der Waals surface area contributed by atoms with E-state index in [1.807, 2.05) is 30.3 Å². The van der Waals surface area contributed by atoms with Crippen LogP contribution in [0.4, 0.5) is 5.82 Å². The van der Waals surface area contributed by atoms with Gasteiger partial charge in [0.05, 0.1) is 19.1 Å². The van der Waals surface area contributed by atoms with Crippen LogP contribution in [0, 0.1) is 0 Å². The minimum Gasteiger partial charge on any atom is -0.384 e. The number of rotatable bonds is 5. The van der Waals surface area contributed by atoms with Gasteiger partial charge in [-0.25, -0.2) is 4.79 Å². The van der Waals surface area contributed by atoms with Crippen molar-refractivity contribution in [2.75, 3.05) is 18.8 Å². The molecule has 2 heterocycles. The van der Waals surface area contributed by atoms with Crippen LogP contribution in [0.3, 0.4) is 0 Å². The van der Waals surface area contributed by atoms with E-state index in [2.05, 4.69) is 6.92 Å². The second-order valence-electron chi connectivity index (χ2n) is 7.38. The number of Topliss-reactive ketones (excluding diaryl/α,β-unsaturated/α-hetero) is 1. The normalized spacial score (nSPS) is 19.8. The first-order valence-corrected chi connectivity index (χ1v) is 9.41. The molecule has 0 amide bonds. The molecule has 1 aliphatic rings. The highest BCUT2D eigenvalue weighted by atomic mass is 16.2. The van der Waals surface area contributed by atoms with Gasteiger partial charge in [-0.15, -0.1) is 0 Å². The van der Waals surface area contributed by atoms with E-state index in [1.54, 1.807) is 0 Å². The molecule has 0 saturated carbocycles. The molecular formula is C20H27N4O3+. The van der Waals surface area contributed by atoms with Gasteiger partial charge in [0.2, 0.25) is 5.78 Å². The Morgan fingerprint density at radius 3 is 2.59 bits per heavy atom. The number of nitrogens with zero attached hydrogens (tertiary/aromatic N) is 2. The largest absolute Gasteiger partial charge is 0.384 e. The van der Waals surface area contributed by atoms with Crippen molar-refractivity contribution in [3.63, 3.8) is 0 Å². The van der Waals surface area contributed by atoms with Crippen LogP contribution in [-0.4, -0.2) is 34.0 Å². The summed E-state index contributed by atoms with van der Waals surface area (Å²) in [5, 5.41) is 0. The standard InChI is InChI=1S/C20H26N4O3/c1-14-8-6-7-11-23(14)13-16(25)17-18(21)24(20(27)22(2)19(17)26)12-15-9-4-3-5-10-15/h3-5,9-10,14H,6-8,11-13,21H2,1-2H3/p+1/t14-/m0/s1. The zero-order valence-electron chi connectivity index (χ0n) is 15.9.